The average molecular weight is 273 g/mol. The molecule has 0 spiro atoms. The lowest BCUT2D eigenvalue weighted by molar-refractivity contribution is 0.717. The summed E-state index contributed by atoms with van der Waals surface area (Å²) in [5.74, 6) is 0. The highest BCUT2D eigenvalue weighted by molar-refractivity contribution is 7.99. The summed E-state index contributed by atoms with van der Waals surface area (Å²) in [7, 11) is 0. The van der Waals surface area contributed by atoms with Crippen LogP contribution in [0.25, 0.3) is 0 Å². The highest BCUT2D eigenvalue weighted by Gasteiger charge is 2.19. The molecule has 2 aromatic rings. The standard InChI is InChI=1S/C15H19N3S/c1-10-9-11(2)18-15(17-10)19-14(12(3)16)13-7-5-4-6-8-13/h4-9,12,14H,16H2,1-3H3. The molecule has 2 N–H and O–H groups in total. The quantitative estimate of drug-likeness (QED) is 0.686. The molecule has 3 nitrogen and oxygen atoms in total. The number of nitrogens with two attached hydrogens (primary N) is 1. The molecule has 0 amide bonds. The lowest BCUT2D eigenvalue weighted by atomic mass is 10.1. The molecule has 0 aliphatic heterocycles. The van der Waals surface area contributed by atoms with Crippen molar-refractivity contribution in [2.24, 2.45) is 5.73 Å². The van der Waals surface area contributed by atoms with Crippen LogP contribution in [0.2, 0.25) is 0 Å². The molecule has 1 aromatic carbocycles. The monoisotopic (exact) mass is 273 g/mol. The van der Waals surface area contributed by atoms with E-state index in [4.69, 9.17) is 5.73 Å². The number of benzene rings is 1. The Morgan fingerprint density at radius 3 is 2.16 bits per heavy atom. The first-order chi connectivity index (χ1) is 9.06. The van der Waals surface area contributed by atoms with E-state index in [-0.39, 0.29) is 11.3 Å². The molecule has 0 aliphatic rings. The Morgan fingerprint density at radius 1 is 1.05 bits per heavy atom. The molecular weight excluding hydrogens is 254 g/mol. The Hall–Kier alpha value is -1.39. The molecular formula is C15H19N3S. The number of aromatic nitrogens is 2. The van der Waals surface area contributed by atoms with Crippen LogP contribution in [0, 0.1) is 13.8 Å². The van der Waals surface area contributed by atoms with Gasteiger partial charge >= 0.3 is 0 Å². The van der Waals surface area contributed by atoms with E-state index in [9.17, 15) is 0 Å². The van der Waals surface area contributed by atoms with Gasteiger partial charge in [-0.25, -0.2) is 9.97 Å². The van der Waals surface area contributed by atoms with E-state index in [2.05, 4.69) is 22.1 Å². The molecule has 0 aliphatic carbocycles. The first-order valence-corrected chi connectivity index (χ1v) is 7.23. The highest BCUT2D eigenvalue weighted by atomic mass is 32.2. The number of hydrogen-bond acceptors (Lipinski definition) is 4. The van der Waals surface area contributed by atoms with Gasteiger partial charge in [0.25, 0.3) is 0 Å². The van der Waals surface area contributed by atoms with Crippen molar-refractivity contribution in [1.82, 2.24) is 9.97 Å². The van der Waals surface area contributed by atoms with E-state index in [1.54, 1.807) is 11.8 Å². The fraction of sp³-hybridized carbons (Fsp3) is 0.333. The normalized spacial score (nSPS) is 14.1. The van der Waals surface area contributed by atoms with Crippen LogP contribution < -0.4 is 5.73 Å². The summed E-state index contributed by atoms with van der Waals surface area (Å²) >= 11 is 1.63. The molecule has 0 saturated heterocycles. The maximum atomic E-state index is 6.12. The van der Waals surface area contributed by atoms with Crippen LogP contribution in [0.1, 0.15) is 29.1 Å². The van der Waals surface area contributed by atoms with Gasteiger partial charge in [-0.1, -0.05) is 42.1 Å². The second-order valence-electron chi connectivity index (χ2n) is 4.74. The summed E-state index contributed by atoms with van der Waals surface area (Å²) in [5, 5.41) is 0.964. The molecule has 1 aromatic heterocycles. The van der Waals surface area contributed by atoms with E-state index in [0.29, 0.717) is 0 Å². The van der Waals surface area contributed by atoms with Crippen molar-refractivity contribution in [2.45, 2.75) is 37.2 Å². The largest absolute Gasteiger partial charge is 0.327 e. The fourth-order valence-corrected chi connectivity index (χ4v) is 3.11. The minimum Gasteiger partial charge on any atom is -0.327 e. The first kappa shape index (κ1) is 14.0. The molecule has 0 saturated carbocycles. The Labute approximate surface area is 118 Å². The van der Waals surface area contributed by atoms with Crippen molar-refractivity contribution < 1.29 is 0 Å². The zero-order valence-electron chi connectivity index (χ0n) is 11.5. The second kappa shape index (κ2) is 6.17. The zero-order chi connectivity index (χ0) is 13.8. The van der Waals surface area contributed by atoms with Crippen molar-refractivity contribution in [2.75, 3.05) is 0 Å². The average Bonchev–Trinajstić information content (AvgIpc) is 2.35. The van der Waals surface area contributed by atoms with E-state index in [1.807, 2.05) is 45.0 Å². The summed E-state index contributed by atoms with van der Waals surface area (Å²) in [4.78, 5) is 8.96. The molecule has 19 heavy (non-hydrogen) atoms. The van der Waals surface area contributed by atoms with Gasteiger partial charge in [-0.05, 0) is 32.4 Å². The van der Waals surface area contributed by atoms with Gasteiger partial charge < -0.3 is 5.73 Å². The predicted octanol–water partition coefficient (Wildman–Crippen LogP) is 3.27. The molecule has 0 radical (unpaired) electrons. The Balaban J connectivity index is 2.27. The lowest BCUT2D eigenvalue weighted by Gasteiger charge is -2.20. The molecule has 0 fully saturated rings. The third-order valence-electron chi connectivity index (χ3n) is 2.80. The highest BCUT2D eigenvalue weighted by Crippen LogP contribution is 2.35. The van der Waals surface area contributed by atoms with E-state index in [0.717, 1.165) is 16.5 Å². The molecule has 4 heteroatoms. The minimum absolute atomic E-state index is 0.0387. The van der Waals surface area contributed by atoms with Gasteiger partial charge in [-0.3, -0.25) is 0 Å². The van der Waals surface area contributed by atoms with Crippen LogP contribution in [0.5, 0.6) is 0 Å². The van der Waals surface area contributed by atoms with E-state index >= 15 is 0 Å². The molecule has 2 rings (SSSR count). The smallest absolute Gasteiger partial charge is 0.188 e. The summed E-state index contributed by atoms with van der Waals surface area (Å²) in [6, 6.07) is 12.3. The number of hydrogen-bond donors (Lipinski definition) is 1. The Kier molecular flexibility index (Phi) is 4.56. The van der Waals surface area contributed by atoms with Gasteiger partial charge in [0.1, 0.15) is 0 Å². The summed E-state index contributed by atoms with van der Waals surface area (Å²) < 4.78 is 0. The molecule has 2 atom stereocenters. The topological polar surface area (TPSA) is 51.8 Å². The maximum Gasteiger partial charge on any atom is 0.188 e. The van der Waals surface area contributed by atoms with Crippen molar-refractivity contribution >= 4 is 11.8 Å². The van der Waals surface area contributed by atoms with Crippen molar-refractivity contribution in [3.05, 3.63) is 53.3 Å². The maximum absolute atomic E-state index is 6.12. The van der Waals surface area contributed by atoms with Crippen molar-refractivity contribution in [3.63, 3.8) is 0 Å². The van der Waals surface area contributed by atoms with Gasteiger partial charge in [-0.15, -0.1) is 0 Å². The molecule has 2 unspecified atom stereocenters. The SMILES string of the molecule is Cc1cc(C)nc(SC(c2ccccc2)C(C)N)n1. The molecule has 100 valence electrons. The molecule has 1 heterocycles. The summed E-state index contributed by atoms with van der Waals surface area (Å²) in [6.07, 6.45) is 0. The van der Waals surface area contributed by atoms with Crippen molar-refractivity contribution in [1.29, 1.82) is 0 Å². The van der Waals surface area contributed by atoms with E-state index < -0.39 is 0 Å². The first-order valence-electron chi connectivity index (χ1n) is 6.35. The van der Waals surface area contributed by atoms with Crippen LogP contribution >= 0.6 is 11.8 Å². The zero-order valence-corrected chi connectivity index (χ0v) is 12.3. The van der Waals surface area contributed by atoms with Crippen LogP contribution in [-0.4, -0.2) is 16.0 Å². The fourth-order valence-electron chi connectivity index (χ4n) is 1.98. The molecule has 0 bridgehead atoms. The van der Waals surface area contributed by atoms with E-state index in [1.165, 1.54) is 5.56 Å². The second-order valence-corrected chi connectivity index (χ2v) is 5.85. The number of rotatable bonds is 4. The third kappa shape index (κ3) is 3.78. The summed E-state index contributed by atoms with van der Waals surface area (Å²) in [6.45, 7) is 6.00. The van der Waals surface area contributed by atoms with Gasteiger partial charge in [0, 0.05) is 17.4 Å². The van der Waals surface area contributed by atoms with Gasteiger partial charge in [0.2, 0.25) is 0 Å². The van der Waals surface area contributed by atoms with Crippen molar-refractivity contribution in [3.8, 4) is 0 Å². The third-order valence-corrected chi connectivity index (χ3v) is 4.15. The lowest BCUT2D eigenvalue weighted by Crippen LogP contribution is -2.22. The van der Waals surface area contributed by atoms with Crippen LogP contribution in [0.4, 0.5) is 0 Å². The number of thioether (sulfide) groups is 1. The van der Waals surface area contributed by atoms with Gasteiger partial charge in [0.15, 0.2) is 5.16 Å². The Bertz CT molecular complexity index is 520. The van der Waals surface area contributed by atoms with Gasteiger partial charge in [-0.2, -0.15) is 0 Å². The van der Waals surface area contributed by atoms with Crippen LogP contribution in [0.3, 0.4) is 0 Å². The van der Waals surface area contributed by atoms with Crippen LogP contribution in [-0.2, 0) is 0 Å². The minimum atomic E-state index is 0.0387. The summed E-state index contributed by atoms with van der Waals surface area (Å²) in [5.41, 5.74) is 9.31. The predicted molar refractivity (Wildman–Crippen MR) is 80.2 cm³/mol. The Morgan fingerprint density at radius 2 is 1.63 bits per heavy atom. The van der Waals surface area contributed by atoms with Gasteiger partial charge in [0.05, 0.1) is 5.25 Å². The van der Waals surface area contributed by atoms with Crippen LogP contribution in [0.15, 0.2) is 41.6 Å². The number of aryl methyl sites for hydroxylation is 2. The number of nitrogens with zero attached hydrogens (tertiary/aromatic N) is 2.